The average molecular weight is 277 g/mol. The minimum Gasteiger partial charge on any atom is -0.375 e. The number of hydrogen-bond donors (Lipinski definition) is 2. The van der Waals surface area contributed by atoms with Crippen molar-refractivity contribution >= 4 is 16.5 Å². The summed E-state index contributed by atoms with van der Waals surface area (Å²) in [6, 6.07) is 6.99. The maximum atomic E-state index is 14.1. The third kappa shape index (κ3) is 2.03. The molecule has 1 aromatic carbocycles. The highest BCUT2D eigenvalue weighted by Crippen LogP contribution is 2.39. The molecule has 100 valence electrons. The quantitative estimate of drug-likeness (QED) is 0.886. The Morgan fingerprint density at radius 3 is 2.95 bits per heavy atom. The number of nitrogen functional groups attached to an aromatic ring is 1. The summed E-state index contributed by atoms with van der Waals surface area (Å²) in [6.45, 7) is 0. The highest BCUT2D eigenvalue weighted by atomic mass is 32.1. The number of likely N-dealkylation sites (N-methyl/N-ethyl adjacent to an activating group) is 1. The first kappa shape index (κ1) is 12.6. The summed E-state index contributed by atoms with van der Waals surface area (Å²) in [5, 5.41) is 3.93. The van der Waals surface area contributed by atoms with Gasteiger partial charge in [0.25, 0.3) is 0 Å². The number of rotatable bonds is 2. The van der Waals surface area contributed by atoms with Crippen LogP contribution in [0.25, 0.3) is 0 Å². The zero-order valence-corrected chi connectivity index (χ0v) is 11.6. The monoisotopic (exact) mass is 277 g/mol. The lowest BCUT2D eigenvalue weighted by Crippen LogP contribution is -2.45. The van der Waals surface area contributed by atoms with Gasteiger partial charge in [-0.2, -0.15) is 0 Å². The van der Waals surface area contributed by atoms with Crippen LogP contribution >= 0.6 is 11.3 Å². The summed E-state index contributed by atoms with van der Waals surface area (Å²) >= 11 is 1.51. The third-order valence-electron chi connectivity index (χ3n) is 3.91. The number of halogens is 1. The Hall–Kier alpha value is -1.46. The molecular weight excluding hydrogens is 261 g/mol. The normalized spacial score (nSPS) is 22.2. The fourth-order valence-electron chi connectivity index (χ4n) is 2.86. The number of anilines is 1. The second-order valence-electron chi connectivity index (χ2n) is 4.91. The number of thiazole rings is 1. The van der Waals surface area contributed by atoms with Crippen LogP contribution < -0.4 is 11.1 Å². The molecule has 3 N–H and O–H groups in total. The van der Waals surface area contributed by atoms with Gasteiger partial charge in [-0.25, -0.2) is 9.37 Å². The molecule has 1 aliphatic carbocycles. The number of benzene rings is 1. The first-order valence-corrected chi connectivity index (χ1v) is 7.14. The van der Waals surface area contributed by atoms with Crippen molar-refractivity contribution in [3.63, 3.8) is 0 Å². The minimum absolute atomic E-state index is 0.155. The van der Waals surface area contributed by atoms with Gasteiger partial charge in [0.15, 0.2) is 5.13 Å². The predicted molar refractivity (Wildman–Crippen MR) is 75.7 cm³/mol. The van der Waals surface area contributed by atoms with Gasteiger partial charge in [-0.1, -0.05) is 18.2 Å². The predicted octanol–water partition coefficient (Wildman–Crippen LogP) is 2.47. The molecular formula is C14H16FN3S. The first-order chi connectivity index (χ1) is 9.14. The van der Waals surface area contributed by atoms with Gasteiger partial charge in [-0.15, -0.1) is 11.3 Å². The van der Waals surface area contributed by atoms with Crippen molar-refractivity contribution in [3.05, 3.63) is 46.2 Å². The Morgan fingerprint density at radius 1 is 1.42 bits per heavy atom. The Balaban J connectivity index is 2.05. The Bertz CT molecular complexity index is 610. The van der Waals surface area contributed by atoms with E-state index in [0.717, 1.165) is 30.5 Å². The van der Waals surface area contributed by atoms with Gasteiger partial charge in [0.2, 0.25) is 0 Å². The van der Waals surface area contributed by atoms with Crippen LogP contribution in [-0.4, -0.2) is 12.0 Å². The van der Waals surface area contributed by atoms with E-state index in [4.69, 9.17) is 5.73 Å². The summed E-state index contributed by atoms with van der Waals surface area (Å²) in [7, 11) is 1.89. The van der Waals surface area contributed by atoms with Crippen LogP contribution in [0.15, 0.2) is 24.3 Å². The van der Waals surface area contributed by atoms with Crippen LogP contribution in [-0.2, 0) is 18.4 Å². The lowest BCUT2D eigenvalue weighted by molar-refractivity contribution is 0.304. The number of hydrogen-bond acceptors (Lipinski definition) is 4. The van der Waals surface area contributed by atoms with Crippen LogP contribution in [0.1, 0.15) is 22.6 Å². The smallest absolute Gasteiger partial charge is 0.180 e. The Labute approximate surface area is 115 Å². The van der Waals surface area contributed by atoms with Crippen molar-refractivity contribution < 1.29 is 4.39 Å². The van der Waals surface area contributed by atoms with E-state index in [1.54, 1.807) is 6.07 Å². The molecule has 5 heteroatoms. The topological polar surface area (TPSA) is 50.9 Å². The Kier molecular flexibility index (Phi) is 3.03. The van der Waals surface area contributed by atoms with E-state index in [1.807, 2.05) is 19.2 Å². The number of nitrogens with zero attached hydrogens (tertiary/aromatic N) is 1. The van der Waals surface area contributed by atoms with Crippen LogP contribution in [0, 0.1) is 5.82 Å². The van der Waals surface area contributed by atoms with Crippen molar-refractivity contribution in [1.82, 2.24) is 10.3 Å². The van der Waals surface area contributed by atoms with Gasteiger partial charge in [0, 0.05) is 16.9 Å². The molecule has 1 heterocycles. The molecule has 0 aliphatic heterocycles. The van der Waals surface area contributed by atoms with Gasteiger partial charge < -0.3 is 11.1 Å². The molecule has 19 heavy (non-hydrogen) atoms. The minimum atomic E-state index is -0.350. The van der Waals surface area contributed by atoms with E-state index in [0.29, 0.717) is 5.13 Å². The van der Waals surface area contributed by atoms with Gasteiger partial charge in [0.1, 0.15) is 5.82 Å². The van der Waals surface area contributed by atoms with Gasteiger partial charge in [0.05, 0.1) is 11.2 Å². The van der Waals surface area contributed by atoms with Gasteiger partial charge >= 0.3 is 0 Å². The second-order valence-corrected chi connectivity index (χ2v) is 6.03. The summed E-state index contributed by atoms with van der Waals surface area (Å²) in [5.74, 6) is -0.155. The van der Waals surface area contributed by atoms with Crippen molar-refractivity contribution in [3.8, 4) is 0 Å². The van der Waals surface area contributed by atoms with Crippen molar-refractivity contribution in [2.45, 2.75) is 24.8 Å². The lowest BCUT2D eigenvalue weighted by Gasteiger charge is -2.37. The maximum Gasteiger partial charge on any atom is 0.180 e. The number of aryl methyl sites for hydroxylation is 1. The zero-order valence-electron chi connectivity index (χ0n) is 10.7. The summed E-state index contributed by atoms with van der Waals surface area (Å²) in [4.78, 5) is 5.51. The van der Waals surface area contributed by atoms with Gasteiger partial charge in [-0.3, -0.25) is 0 Å². The van der Waals surface area contributed by atoms with E-state index in [-0.39, 0.29) is 11.4 Å². The molecule has 2 aromatic rings. The molecule has 3 nitrogen and oxygen atoms in total. The molecule has 0 bridgehead atoms. The van der Waals surface area contributed by atoms with E-state index in [2.05, 4.69) is 10.3 Å². The SMILES string of the molecule is CNC1(c2ccccc2F)CCc2nc(N)sc2C1. The first-order valence-electron chi connectivity index (χ1n) is 6.32. The van der Waals surface area contributed by atoms with Crippen LogP contribution in [0.3, 0.4) is 0 Å². The molecule has 0 spiro atoms. The highest BCUT2D eigenvalue weighted by molar-refractivity contribution is 7.15. The molecule has 1 atom stereocenters. The number of fused-ring (bicyclic) bond motifs is 1. The lowest BCUT2D eigenvalue weighted by atomic mass is 9.77. The molecule has 0 fully saturated rings. The average Bonchev–Trinajstić information content (AvgIpc) is 2.78. The molecule has 1 unspecified atom stereocenters. The Morgan fingerprint density at radius 2 is 2.21 bits per heavy atom. The number of nitrogens with one attached hydrogen (secondary N) is 1. The number of aromatic nitrogens is 1. The molecule has 0 radical (unpaired) electrons. The van der Waals surface area contributed by atoms with Crippen LogP contribution in [0.2, 0.25) is 0 Å². The largest absolute Gasteiger partial charge is 0.375 e. The fraction of sp³-hybridized carbons (Fsp3) is 0.357. The van der Waals surface area contributed by atoms with Crippen molar-refractivity contribution in [2.75, 3.05) is 12.8 Å². The van der Waals surface area contributed by atoms with E-state index in [9.17, 15) is 4.39 Å². The standard InChI is InChI=1S/C14H16FN3S/c1-17-14(9-4-2-3-5-10(9)15)7-6-11-12(8-14)19-13(16)18-11/h2-5,17H,6-8H2,1H3,(H2,16,18). The molecule has 3 rings (SSSR count). The summed E-state index contributed by atoms with van der Waals surface area (Å²) < 4.78 is 14.1. The number of nitrogens with two attached hydrogens (primary N) is 1. The molecule has 0 amide bonds. The second kappa shape index (κ2) is 4.58. The van der Waals surface area contributed by atoms with Crippen LogP contribution in [0.5, 0.6) is 0 Å². The van der Waals surface area contributed by atoms with E-state index >= 15 is 0 Å². The fourth-order valence-corrected chi connectivity index (χ4v) is 3.85. The zero-order chi connectivity index (χ0) is 13.5. The van der Waals surface area contributed by atoms with Gasteiger partial charge in [-0.05, 0) is 26.0 Å². The van der Waals surface area contributed by atoms with E-state index < -0.39 is 0 Å². The molecule has 1 aromatic heterocycles. The van der Waals surface area contributed by atoms with Crippen LogP contribution in [0.4, 0.5) is 9.52 Å². The molecule has 0 saturated carbocycles. The maximum absolute atomic E-state index is 14.1. The van der Waals surface area contributed by atoms with Crippen molar-refractivity contribution in [1.29, 1.82) is 0 Å². The third-order valence-corrected chi connectivity index (χ3v) is 4.84. The van der Waals surface area contributed by atoms with Crippen molar-refractivity contribution in [2.24, 2.45) is 0 Å². The molecule has 0 saturated heterocycles. The summed E-state index contributed by atoms with van der Waals surface area (Å²) in [5.41, 5.74) is 7.23. The highest BCUT2D eigenvalue weighted by Gasteiger charge is 2.38. The molecule has 1 aliphatic rings. The van der Waals surface area contributed by atoms with E-state index in [1.165, 1.54) is 22.3 Å². The summed E-state index contributed by atoms with van der Waals surface area (Å²) in [6.07, 6.45) is 2.41.